The fourth-order valence-corrected chi connectivity index (χ4v) is 3.42. The first-order chi connectivity index (χ1) is 12.0. The number of aryl methyl sites for hydroxylation is 1. The van der Waals surface area contributed by atoms with Crippen LogP contribution in [0.15, 0.2) is 36.4 Å². The van der Waals surface area contributed by atoms with Crippen molar-refractivity contribution in [3.05, 3.63) is 58.7 Å². The van der Waals surface area contributed by atoms with E-state index in [0.717, 1.165) is 16.7 Å². The maximum atomic E-state index is 12.3. The highest BCUT2D eigenvalue weighted by Gasteiger charge is 2.30. The topological polar surface area (TPSA) is 52.6 Å². The van der Waals surface area contributed by atoms with Crippen LogP contribution in [-0.2, 0) is 0 Å². The van der Waals surface area contributed by atoms with Crippen molar-refractivity contribution in [2.45, 2.75) is 33.1 Å². The van der Waals surface area contributed by atoms with Crippen LogP contribution in [0.1, 0.15) is 58.0 Å². The molecule has 1 atom stereocenters. The molecule has 4 nitrogen and oxygen atoms in total. The van der Waals surface area contributed by atoms with Gasteiger partial charge in [0.2, 0.25) is 0 Å². The van der Waals surface area contributed by atoms with Crippen LogP contribution in [0.4, 0.5) is 0 Å². The van der Waals surface area contributed by atoms with Gasteiger partial charge in [0, 0.05) is 6.42 Å². The molecule has 2 aromatic carbocycles. The van der Waals surface area contributed by atoms with E-state index in [0.29, 0.717) is 36.7 Å². The number of fused-ring (bicyclic) bond motifs is 1. The summed E-state index contributed by atoms with van der Waals surface area (Å²) in [6.07, 6.45) is 0.541. The molecule has 0 spiro atoms. The number of carbonyl (C=O) groups excluding carboxylic acids is 2. The highest BCUT2D eigenvalue weighted by atomic mass is 16.5. The van der Waals surface area contributed by atoms with E-state index >= 15 is 0 Å². The summed E-state index contributed by atoms with van der Waals surface area (Å²) in [5.74, 6) is 1.53. The molecule has 25 heavy (non-hydrogen) atoms. The molecule has 0 unspecified atom stereocenters. The Kier molecular flexibility index (Phi) is 4.88. The maximum Gasteiger partial charge on any atom is 0.167 e. The number of rotatable bonds is 6. The number of para-hydroxylation sites is 1. The maximum absolute atomic E-state index is 12.3. The minimum Gasteiger partial charge on any atom is -0.489 e. The predicted molar refractivity (Wildman–Crippen MR) is 96.0 cm³/mol. The van der Waals surface area contributed by atoms with Gasteiger partial charge in [0.05, 0.1) is 11.1 Å². The molecule has 0 N–H and O–H groups in total. The van der Waals surface area contributed by atoms with Gasteiger partial charge in [-0.1, -0.05) is 25.1 Å². The van der Waals surface area contributed by atoms with Crippen molar-refractivity contribution >= 4 is 11.6 Å². The number of ketones is 2. The number of carbonyl (C=O) groups is 2. The summed E-state index contributed by atoms with van der Waals surface area (Å²) in [5.41, 5.74) is 3.51. The molecule has 1 aliphatic carbocycles. The van der Waals surface area contributed by atoms with Crippen molar-refractivity contribution in [3.8, 4) is 11.5 Å². The molecule has 1 aliphatic rings. The van der Waals surface area contributed by atoms with Gasteiger partial charge in [-0.15, -0.1) is 0 Å². The van der Waals surface area contributed by atoms with E-state index < -0.39 is 0 Å². The molecule has 4 heteroatoms. The molecule has 0 aliphatic heterocycles. The number of Topliss-reactive ketones (excluding diaryl/α,β-unsaturated/α-hetero) is 2. The fourth-order valence-electron chi connectivity index (χ4n) is 3.42. The minimum absolute atomic E-state index is 0.0348. The third-order valence-corrected chi connectivity index (χ3v) is 4.55. The summed E-state index contributed by atoms with van der Waals surface area (Å²) in [6.45, 7) is 6.23. The van der Waals surface area contributed by atoms with Crippen LogP contribution in [0.2, 0.25) is 0 Å². The Labute approximate surface area is 147 Å². The molecule has 130 valence electrons. The lowest BCUT2D eigenvalue weighted by molar-refractivity contribution is 0.0981. The van der Waals surface area contributed by atoms with E-state index in [-0.39, 0.29) is 17.5 Å². The van der Waals surface area contributed by atoms with Gasteiger partial charge in [-0.25, -0.2) is 0 Å². The first-order valence-electron chi connectivity index (χ1n) is 8.51. The number of benzene rings is 2. The molecule has 0 amide bonds. The lowest BCUT2D eigenvalue weighted by Gasteiger charge is -2.14. The van der Waals surface area contributed by atoms with Gasteiger partial charge in [0.1, 0.15) is 24.7 Å². The molecule has 0 saturated heterocycles. The zero-order valence-electron chi connectivity index (χ0n) is 14.8. The monoisotopic (exact) mass is 338 g/mol. The van der Waals surface area contributed by atoms with E-state index in [4.69, 9.17) is 9.47 Å². The van der Waals surface area contributed by atoms with Crippen molar-refractivity contribution < 1.29 is 19.1 Å². The van der Waals surface area contributed by atoms with Gasteiger partial charge in [0.15, 0.2) is 11.6 Å². The first-order valence-corrected chi connectivity index (χ1v) is 8.51. The number of ether oxygens (including phenoxy) is 2. The molecule has 0 aromatic heterocycles. The lowest BCUT2D eigenvalue weighted by Crippen LogP contribution is -2.12. The Morgan fingerprint density at radius 3 is 2.48 bits per heavy atom. The van der Waals surface area contributed by atoms with Crippen LogP contribution in [0, 0.1) is 6.92 Å². The minimum atomic E-state index is -0.0348. The van der Waals surface area contributed by atoms with Crippen molar-refractivity contribution in [2.75, 3.05) is 13.2 Å². The van der Waals surface area contributed by atoms with Crippen LogP contribution >= 0.6 is 0 Å². The molecule has 0 radical (unpaired) electrons. The Morgan fingerprint density at radius 2 is 1.76 bits per heavy atom. The summed E-state index contributed by atoms with van der Waals surface area (Å²) < 4.78 is 11.5. The van der Waals surface area contributed by atoms with Gasteiger partial charge in [0.25, 0.3) is 0 Å². The first kappa shape index (κ1) is 17.2. The van der Waals surface area contributed by atoms with Gasteiger partial charge in [-0.2, -0.15) is 0 Å². The van der Waals surface area contributed by atoms with Crippen molar-refractivity contribution in [1.82, 2.24) is 0 Å². The second-order valence-electron chi connectivity index (χ2n) is 6.45. The quantitative estimate of drug-likeness (QED) is 0.580. The smallest absolute Gasteiger partial charge is 0.167 e. The Balaban J connectivity index is 1.67. The van der Waals surface area contributed by atoms with Gasteiger partial charge < -0.3 is 9.47 Å². The molecule has 0 bridgehead atoms. The van der Waals surface area contributed by atoms with Crippen molar-refractivity contribution in [3.63, 3.8) is 0 Å². The molecule has 2 aromatic rings. The summed E-state index contributed by atoms with van der Waals surface area (Å²) >= 11 is 0. The molecular formula is C21H22O4. The zero-order valence-corrected chi connectivity index (χ0v) is 14.8. The highest BCUT2D eigenvalue weighted by Crippen LogP contribution is 2.40. The summed E-state index contributed by atoms with van der Waals surface area (Å²) in [7, 11) is 0. The molecule has 3 rings (SSSR count). The van der Waals surface area contributed by atoms with E-state index in [2.05, 4.69) is 6.92 Å². The van der Waals surface area contributed by atoms with Crippen LogP contribution in [0.3, 0.4) is 0 Å². The highest BCUT2D eigenvalue weighted by molar-refractivity contribution is 6.04. The average Bonchev–Trinajstić information content (AvgIpc) is 2.89. The van der Waals surface area contributed by atoms with Crippen molar-refractivity contribution in [2.24, 2.45) is 0 Å². The molecule has 0 fully saturated rings. The Bertz CT molecular complexity index is 823. The third kappa shape index (κ3) is 3.43. The van der Waals surface area contributed by atoms with Crippen molar-refractivity contribution in [1.29, 1.82) is 0 Å². The Morgan fingerprint density at radius 1 is 1.08 bits per heavy atom. The van der Waals surface area contributed by atoms with Gasteiger partial charge in [-0.05, 0) is 49.1 Å². The zero-order chi connectivity index (χ0) is 18.0. The van der Waals surface area contributed by atoms with Crippen LogP contribution in [0.5, 0.6) is 11.5 Å². The fraction of sp³-hybridized carbons (Fsp3) is 0.333. The normalized spacial score (nSPS) is 15.8. The standard InChI is InChI=1S/C21H22O4/c1-13-8-9-19(21-17(23)12-14(2)20(13)21)25-11-10-24-18-7-5-4-6-16(18)15(3)22/h4-9,14H,10-12H2,1-3H3/t14-/m1/s1. The van der Waals surface area contributed by atoms with E-state index in [1.165, 1.54) is 6.92 Å². The second kappa shape index (κ2) is 7.09. The number of hydrogen-bond acceptors (Lipinski definition) is 4. The van der Waals surface area contributed by atoms with Crippen LogP contribution < -0.4 is 9.47 Å². The van der Waals surface area contributed by atoms with E-state index in [1.54, 1.807) is 12.1 Å². The largest absolute Gasteiger partial charge is 0.489 e. The number of hydrogen-bond donors (Lipinski definition) is 0. The van der Waals surface area contributed by atoms with Crippen LogP contribution in [-0.4, -0.2) is 24.8 Å². The SMILES string of the molecule is CC(=O)c1ccccc1OCCOc1ccc(C)c2c1C(=O)C[C@H]2C. The van der Waals surface area contributed by atoms with E-state index in [1.807, 2.05) is 31.2 Å². The third-order valence-electron chi connectivity index (χ3n) is 4.55. The van der Waals surface area contributed by atoms with Crippen LogP contribution in [0.25, 0.3) is 0 Å². The Hall–Kier alpha value is -2.62. The summed E-state index contributed by atoms with van der Waals surface area (Å²) in [4.78, 5) is 23.9. The predicted octanol–water partition coefficient (Wildman–Crippen LogP) is 4.35. The molecule has 0 heterocycles. The summed E-state index contributed by atoms with van der Waals surface area (Å²) in [6, 6.07) is 11.0. The molecular weight excluding hydrogens is 316 g/mol. The summed E-state index contributed by atoms with van der Waals surface area (Å²) in [5, 5.41) is 0. The van der Waals surface area contributed by atoms with Gasteiger partial charge in [-0.3, -0.25) is 9.59 Å². The van der Waals surface area contributed by atoms with Gasteiger partial charge >= 0.3 is 0 Å². The molecule has 0 saturated carbocycles. The second-order valence-corrected chi connectivity index (χ2v) is 6.45. The average molecular weight is 338 g/mol. The lowest BCUT2D eigenvalue weighted by atomic mass is 9.97. The van der Waals surface area contributed by atoms with E-state index in [9.17, 15) is 9.59 Å².